The van der Waals surface area contributed by atoms with Crippen molar-refractivity contribution in [3.8, 4) is 10.6 Å². The summed E-state index contributed by atoms with van der Waals surface area (Å²) in [5.41, 5.74) is 1.43. The lowest BCUT2D eigenvalue weighted by Crippen LogP contribution is -2.30. The molecule has 0 unspecified atom stereocenters. The lowest BCUT2D eigenvalue weighted by molar-refractivity contribution is -0.127. The van der Waals surface area contributed by atoms with Crippen LogP contribution in [0.2, 0.25) is 0 Å². The molecule has 0 saturated carbocycles. The van der Waals surface area contributed by atoms with Crippen molar-refractivity contribution in [1.82, 2.24) is 15.2 Å². The highest BCUT2D eigenvalue weighted by molar-refractivity contribution is 7.13. The molecule has 2 amide bonds. The summed E-state index contributed by atoms with van der Waals surface area (Å²) in [6, 6.07) is 7.48. The van der Waals surface area contributed by atoms with Gasteiger partial charge in [0.2, 0.25) is 5.91 Å². The van der Waals surface area contributed by atoms with E-state index in [0.29, 0.717) is 18.5 Å². The molecule has 1 fully saturated rings. The Balaban J connectivity index is 1.50. The molecule has 0 spiro atoms. The quantitative estimate of drug-likeness (QED) is 0.829. The monoisotopic (exact) mass is 329 g/mol. The number of hydrogen-bond acceptors (Lipinski definition) is 4. The number of likely N-dealkylation sites (tertiary alicyclic amines) is 1. The van der Waals surface area contributed by atoms with Gasteiger partial charge < -0.3 is 10.2 Å². The Kier molecular flexibility index (Phi) is 5.02. The largest absolute Gasteiger partial charge is 0.352 e. The molecule has 3 rings (SSSR count). The van der Waals surface area contributed by atoms with Crippen LogP contribution in [-0.2, 0) is 4.79 Å². The van der Waals surface area contributed by atoms with Gasteiger partial charge in [0.05, 0.1) is 10.6 Å². The Labute approximate surface area is 139 Å². The zero-order chi connectivity index (χ0) is 16.1. The minimum atomic E-state index is -0.0991. The maximum atomic E-state index is 12.2. The second kappa shape index (κ2) is 7.37. The number of hydrogen-bond donors (Lipinski definition) is 1. The van der Waals surface area contributed by atoms with E-state index in [9.17, 15) is 9.59 Å². The Hall–Kier alpha value is -2.21. The van der Waals surface area contributed by atoms with Crippen molar-refractivity contribution < 1.29 is 9.59 Å². The Morgan fingerprint density at radius 3 is 3.04 bits per heavy atom. The maximum Gasteiger partial charge on any atom is 0.251 e. The van der Waals surface area contributed by atoms with Crippen LogP contribution in [0, 0.1) is 0 Å². The van der Waals surface area contributed by atoms with Crippen molar-refractivity contribution in [3.63, 3.8) is 0 Å². The normalized spacial score (nSPS) is 14.3. The maximum absolute atomic E-state index is 12.2. The molecule has 1 saturated heterocycles. The number of nitrogens with one attached hydrogen (secondary N) is 1. The van der Waals surface area contributed by atoms with Crippen LogP contribution in [0.5, 0.6) is 0 Å². The Morgan fingerprint density at radius 2 is 2.30 bits per heavy atom. The fourth-order valence-electron chi connectivity index (χ4n) is 2.65. The number of carbonyl (C=O) groups excluding carboxylic acids is 2. The van der Waals surface area contributed by atoms with E-state index in [0.717, 1.165) is 36.5 Å². The van der Waals surface area contributed by atoms with Gasteiger partial charge in [0.1, 0.15) is 0 Å². The van der Waals surface area contributed by atoms with Crippen LogP contribution in [0.25, 0.3) is 10.6 Å². The van der Waals surface area contributed by atoms with Crippen molar-refractivity contribution in [3.05, 3.63) is 41.4 Å². The number of carbonyl (C=O) groups is 2. The summed E-state index contributed by atoms with van der Waals surface area (Å²) in [6.07, 6.45) is 4.05. The highest BCUT2D eigenvalue weighted by atomic mass is 32.1. The van der Waals surface area contributed by atoms with Gasteiger partial charge in [-0.05, 0) is 36.4 Å². The molecule has 5 nitrogen and oxygen atoms in total. The fourth-order valence-corrected chi connectivity index (χ4v) is 3.34. The van der Waals surface area contributed by atoms with Crippen LogP contribution in [0.4, 0.5) is 0 Å². The minimum absolute atomic E-state index is 0.0991. The molecule has 0 aromatic carbocycles. The number of rotatable bonds is 6. The van der Waals surface area contributed by atoms with Gasteiger partial charge in [0, 0.05) is 37.8 Å². The van der Waals surface area contributed by atoms with Crippen LogP contribution in [-0.4, -0.2) is 41.3 Å². The van der Waals surface area contributed by atoms with Gasteiger partial charge in [-0.3, -0.25) is 14.6 Å². The molecule has 2 aromatic rings. The number of amides is 2. The fraction of sp³-hybridized carbons (Fsp3) is 0.353. The van der Waals surface area contributed by atoms with Crippen LogP contribution in [0.1, 0.15) is 29.6 Å². The third-order valence-electron chi connectivity index (χ3n) is 3.86. The van der Waals surface area contributed by atoms with Crippen molar-refractivity contribution in [2.24, 2.45) is 0 Å². The molecule has 3 heterocycles. The molecule has 0 bridgehead atoms. The van der Waals surface area contributed by atoms with Gasteiger partial charge in [-0.15, -0.1) is 11.3 Å². The average Bonchev–Trinajstić information content (AvgIpc) is 3.23. The van der Waals surface area contributed by atoms with E-state index in [1.165, 1.54) is 0 Å². The molecule has 23 heavy (non-hydrogen) atoms. The van der Waals surface area contributed by atoms with E-state index in [1.807, 2.05) is 28.5 Å². The molecule has 6 heteroatoms. The summed E-state index contributed by atoms with van der Waals surface area (Å²) < 4.78 is 0. The first-order valence-electron chi connectivity index (χ1n) is 7.80. The number of pyridine rings is 1. The highest BCUT2D eigenvalue weighted by Crippen LogP contribution is 2.22. The average molecular weight is 329 g/mol. The van der Waals surface area contributed by atoms with E-state index in [2.05, 4.69) is 10.3 Å². The SMILES string of the molecule is O=C(NCCCN1CCCC1=O)c1ccnc(-c2cccs2)c1. The van der Waals surface area contributed by atoms with Crippen LogP contribution >= 0.6 is 11.3 Å². The lowest BCUT2D eigenvalue weighted by atomic mass is 10.2. The lowest BCUT2D eigenvalue weighted by Gasteiger charge is -2.15. The van der Waals surface area contributed by atoms with Crippen molar-refractivity contribution >= 4 is 23.2 Å². The van der Waals surface area contributed by atoms with Crippen LogP contribution in [0.3, 0.4) is 0 Å². The predicted octanol–water partition coefficient (Wildman–Crippen LogP) is 2.55. The smallest absolute Gasteiger partial charge is 0.251 e. The predicted molar refractivity (Wildman–Crippen MR) is 90.3 cm³/mol. The summed E-state index contributed by atoms with van der Waals surface area (Å²) in [7, 11) is 0. The van der Waals surface area contributed by atoms with E-state index >= 15 is 0 Å². The molecule has 0 atom stereocenters. The standard InChI is InChI=1S/C17H19N3O2S/c21-16-5-1-9-20(16)10-3-7-19-17(22)13-6-8-18-14(12-13)15-4-2-11-23-15/h2,4,6,8,11-12H,1,3,5,7,9-10H2,(H,19,22). The number of thiophene rings is 1. The minimum Gasteiger partial charge on any atom is -0.352 e. The van der Waals surface area contributed by atoms with E-state index in [-0.39, 0.29) is 11.8 Å². The second-order valence-electron chi connectivity index (χ2n) is 5.50. The molecule has 1 aliphatic heterocycles. The van der Waals surface area contributed by atoms with Crippen molar-refractivity contribution in [1.29, 1.82) is 0 Å². The van der Waals surface area contributed by atoms with Crippen molar-refractivity contribution in [2.45, 2.75) is 19.3 Å². The zero-order valence-corrected chi connectivity index (χ0v) is 13.6. The van der Waals surface area contributed by atoms with Crippen LogP contribution in [0.15, 0.2) is 35.8 Å². The number of nitrogens with zero attached hydrogens (tertiary/aromatic N) is 2. The molecule has 0 aliphatic carbocycles. The topological polar surface area (TPSA) is 62.3 Å². The van der Waals surface area contributed by atoms with E-state index in [1.54, 1.807) is 23.6 Å². The summed E-state index contributed by atoms with van der Waals surface area (Å²) in [5.74, 6) is 0.129. The molecule has 2 aromatic heterocycles. The van der Waals surface area contributed by atoms with Gasteiger partial charge in [0.25, 0.3) is 5.91 Å². The molecule has 1 aliphatic rings. The first-order chi connectivity index (χ1) is 11.2. The summed E-state index contributed by atoms with van der Waals surface area (Å²) >= 11 is 1.60. The molecular formula is C17H19N3O2S. The number of aromatic nitrogens is 1. The third-order valence-corrected chi connectivity index (χ3v) is 4.75. The second-order valence-corrected chi connectivity index (χ2v) is 6.45. The van der Waals surface area contributed by atoms with Gasteiger partial charge in [0.15, 0.2) is 0 Å². The Bertz CT molecular complexity index is 685. The van der Waals surface area contributed by atoms with Gasteiger partial charge >= 0.3 is 0 Å². The molecule has 1 N–H and O–H groups in total. The van der Waals surface area contributed by atoms with Crippen LogP contribution < -0.4 is 5.32 Å². The molecule has 0 radical (unpaired) electrons. The zero-order valence-electron chi connectivity index (χ0n) is 12.8. The summed E-state index contributed by atoms with van der Waals surface area (Å²) in [6.45, 7) is 2.14. The van der Waals surface area contributed by atoms with Gasteiger partial charge in [-0.1, -0.05) is 6.07 Å². The van der Waals surface area contributed by atoms with E-state index < -0.39 is 0 Å². The van der Waals surface area contributed by atoms with E-state index in [4.69, 9.17) is 0 Å². The first kappa shape index (κ1) is 15.7. The van der Waals surface area contributed by atoms with Gasteiger partial charge in [-0.2, -0.15) is 0 Å². The van der Waals surface area contributed by atoms with Gasteiger partial charge in [-0.25, -0.2) is 0 Å². The summed E-state index contributed by atoms with van der Waals surface area (Å²) in [5, 5.41) is 4.90. The first-order valence-corrected chi connectivity index (χ1v) is 8.68. The summed E-state index contributed by atoms with van der Waals surface area (Å²) in [4.78, 5) is 30.9. The molecule has 120 valence electrons. The molecular weight excluding hydrogens is 310 g/mol. The Morgan fingerprint density at radius 1 is 1.39 bits per heavy atom. The third kappa shape index (κ3) is 3.96. The highest BCUT2D eigenvalue weighted by Gasteiger charge is 2.19. The van der Waals surface area contributed by atoms with Crippen molar-refractivity contribution in [2.75, 3.05) is 19.6 Å².